The van der Waals surface area contributed by atoms with E-state index in [0.717, 1.165) is 19.3 Å². The van der Waals surface area contributed by atoms with Crippen molar-refractivity contribution < 1.29 is 9.53 Å². The van der Waals surface area contributed by atoms with Crippen molar-refractivity contribution in [3.05, 3.63) is 0 Å². The van der Waals surface area contributed by atoms with Gasteiger partial charge in [-0.1, -0.05) is 52.9 Å². The summed E-state index contributed by atoms with van der Waals surface area (Å²) in [6, 6.07) is 0. The highest BCUT2D eigenvalue weighted by Gasteiger charge is 2.41. The Labute approximate surface area is 132 Å². The lowest BCUT2D eigenvalue weighted by Crippen LogP contribution is -2.45. The molecule has 0 aromatic heterocycles. The minimum absolute atomic E-state index is 0.00393. The summed E-state index contributed by atoms with van der Waals surface area (Å²) in [5.41, 5.74) is -0.599. The third kappa shape index (κ3) is 4.72. The Morgan fingerprint density at radius 1 is 0.905 bits per heavy atom. The Morgan fingerprint density at radius 2 is 1.38 bits per heavy atom. The molecule has 0 heterocycles. The Morgan fingerprint density at radius 3 is 1.81 bits per heavy atom. The molecule has 1 saturated carbocycles. The van der Waals surface area contributed by atoms with Gasteiger partial charge in [0.2, 0.25) is 0 Å². The van der Waals surface area contributed by atoms with Crippen molar-refractivity contribution in [1.29, 1.82) is 0 Å². The van der Waals surface area contributed by atoms with Crippen LogP contribution >= 0.6 is 0 Å². The first-order chi connectivity index (χ1) is 9.91. The Balaban J connectivity index is 2.87. The van der Waals surface area contributed by atoms with E-state index in [4.69, 9.17) is 4.74 Å². The van der Waals surface area contributed by atoms with Gasteiger partial charge in [-0.25, -0.2) is 0 Å². The van der Waals surface area contributed by atoms with E-state index in [9.17, 15) is 4.79 Å². The average Bonchev–Trinajstić information content (AvgIpc) is 2.44. The molecule has 0 radical (unpaired) electrons. The summed E-state index contributed by atoms with van der Waals surface area (Å²) in [6.07, 6.45) is 11.8. The fourth-order valence-electron chi connectivity index (χ4n) is 3.50. The number of carbonyl (C=O) groups excluding carboxylic acids is 1. The summed E-state index contributed by atoms with van der Waals surface area (Å²) in [5, 5.41) is 0. The molecule has 0 aliphatic heterocycles. The standard InChI is InChI=1S/C19H36O2/c1-6-18(4,5)17(20)21-19(7-2,8-3)16-14-12-10-9-11-13-15-16/h16H,6-15H2,1-5H3. The van der Waals surface area contributed by atoms with E-state index in [-0.39, 0.29) is 17.0 Å². The molecule has 2 heteroatoms. The zero-order valence-electron chi connectivity index (χ0n) is 15.0. The second kappa shape index (κ2) is 8.19. The molecule has 124 valence electrons. The van der Waals surface area contributed by atoms with E-state index in [2.05, 4.69) is 20.8 Å². The fraction of sp³-hybridized carbons (Fsp3) is 0.947. The minimum atomic E-state index is -0.364. The van der Waals surface area contributed by atoms with Crippen LogP contribution in [-0.4, -0.2) is 11.6 Å². The van der Waals surface area contributed by atoms with Crippen LogP contribution in [-0.2, 0) is 9.53 Å². The van der Waals surface area contributed by atoms with Gasteiger partial charge in [-0.3, -0.25) is 4.79 Å². The van der Waals surface area contributed by atoms with Gasteiger partial charge in [0.15, 0.2) is 0 Å². The second-order valence-corrected chi connectivity index (χ2v) is 7.44. The van der Waals surface area contributed by atoms with Crippen LogP contribution < -0.4 is 0 Å². The lowest BCUT2D eigenvalue weighted by molar-refractivity contribution is -0.180. The molecule has 0 bridgehead atoms. The molecule has 1 aliphatic rings. The van der Waals surface area contributed by atoms with Gasteiger partial charge in [-0.05, 0) is 51.9 Å². The van der Waals surface area contributed by atoms with E-state index < -0.39 is 0 Å². The summed E-state index contributed by atoms with van der Waals surface area (Å²) in [4.78, 5) is 12.6. The molecular formula is C19H36O2. The van der Waals surface area contributed by atoms with Crippen LogP contribution in [0.15, 0.2) is 0 Å². The summed E-state index contributed by atoms with van der Waals surface area (Å²) in [7, 11) is 0. The smallest absolute Gasteiger partial charge is 0.312 e. The molecule has 1 rings (SSSR count). The first-order valence-corrected chi connectivity index (χ1v) is 9.15. The number of ether oxygens (including phenoxy) is 1. The molecule has 0 saturated heterocycles. The molecule has 0 aromatic carbocycles. The zero-order valence-corrected chi connectivity index (χ0v) is 15.0. The summed E-state index contributed by atoms with van der Waals surface area (Å²) >= 11 is 0. The normalized spacial score (nSPS) is 18.9. The SMILES string of the molecule is CCC(C)(C)C(=O)OC(CC)(CC)C1CCCCCCC1. The van der Waals surface area contributed by atoms with Crippen molar-refractivity contribution in [2.24, 2.45) is 11.3 Å². The van der Waals surface area contributed by atoms with Crippen LogP contribution in [0, 0.1) is 11.3 Å². The molecule has 1 aliphatic carbocycles. The maximum atomic E-state index is 12.6. The summed E-state index contributed by atoms with van der Waals surface area (Å²) in [5.74, 6) is 0.542. The topological polar surface area (TPSA) is 26.3 Å². The monoisotopic (exact) mass is 296 g/mol. The van der Waals surface area contributed by atoms with Crippen molar-refractivity contribution in [2.75, 3.05) is 0 Å². The van der Waals surface area contributed by atoms with Crippen LogP contribution in [0.2, 0.25) is 0 Å². The number of hydrogen-bond donors (Lipinski definition) is 0. The third-order valence-corrected chi connectivity index (χ3v) is 5.78. The van der Waals surface area contributed by atoms with Crippen molar-refractivity contribution in [2.45, 2.75) is 104 Å². The van der Waals surface area contributed by atoms with Gasteiger partial charge in [0.05, 0.1) is 5.41 Å². The molecule has 1 fully saturated rings. The zero-order chi connectivity index (χ0) is 15.9. The van der Waals surface area contributed by atoms with Gasteiger partial charge >= 0.3 is 5.97 Å². The van der Waals surface area contributed by atoms with E-state index in [1.54, 1.807) is 0 Å². The maximum absolute atomic E-state index is 12.6. The molecule has 2 nitrogen and oxygen atoms in total. The van der Waals surface area contributed by atoms with Gasteiger partial charge in [0.25, 0.3) is 0 Å². The molecule has 21 heavy (non-hydrogen) atoms. The third-order valence-electron chi connectivity index (χ3n) is 5.78. The second-order valence-electron chi connectivity index (χ2n) is 7.44. The first-order valence-electron chi connectivity index (χ1n) is 9.15. The lowest BCUT2D eigenvalue weighted by atomic mass is 9.75. The van der Waals surface area contributed by atoms with Gasteiger partial charge in [-0.2, -0.15) is 0 Å². The largest absolute Gasteiger partial charge is 0.458 e. The number of rotatable bonds is 6. The van der Waals surface area contributed by atoms with Crippen LogP contribution in [0.1, 0.15) is 98.8 Å². The predicted molar refractivity (Wildman–Crippen MR) is 89.3 cm³/mol. The molecule has 0 atom stereocenters. The summed E-state index contributed by atoms with van der Waals surface area (Å²) < 4.78 is 6.19. The van der Waals surface area contributed by atoms with E-state index in [1.807, 2.05) is 13.8 Å². The molecule has 0 aromatic rings. The van der Waals surface area contributed by atoms with Gasteiger partial charge in [0.1, 0.15) is 5.60 Å². The number of hydrogen-bond acceptors (Lipinski definition) is 2. The van der Waals surface area contributed by atoms with Crippen LogP contribution in [0.4, 0.5) is 0 Å². The number of carbonyl (C=O) groups is 1. The Kier molecular flexibility index (Phi) is 7.23. The van der Waals surface area contributed by atoms with Crippen LogP contribution in [0.5, 0.6) is 0 Å². The fourth-order valence-corrected chi connectivity index (χ4v) is 3.50. The van der Waals surface area contributed by atoms with E-state index >= 15 is 0 Å². The highest BCUT2D eigenvalue weighted by atomic mass is 16.6. The Hall–Kier alpha value is -0.530. The molecule has 0 unspecified atom stereocenters. The molecule has 0 spiro atoms. The van der Waals surface area contributed by atoms with Crippen molar-refractivity contribution in [3.63, 3.8) is 0 Å². The van der Waals surface area contributed by atoms with Crippen molar-refractivity contribution in [1.82, 2.24) is 0 Å². The molecular weight excluding hydrogens is 260 g/mol. The maximum Gasteiger partial charge on any atom is 0.312 e. The lowest BCUT2D eigenvalue weighted by Gasteiger charge is -2.42. The van der Waals surface area contributed by atoms with Crippen LogP contribution in [0.3, 0.4) is 0 Å². The molecule has 0 amide bonds. The Bertz CT molecular complexity index is 308. The number of esters is 1. The predicted octanol–water partition coefficient (Wildman–Crippen LogP) is 5.89. The van der Waals surface area contributed by atoms with Gasteiger partial charge in [-0.15, -0.1) is 0 Å². The van der Waals surface area contributed by atoms with E-state index in [0.29, 0.717) is 5.92 Å². The van der Waals surface area contributed by atoms with Crippen LogP contribution in [0.25, 0.3) is 0 Å². The highest BCUT2D eigenvalue weighted by molar-refractivity contribution is 5.76. The van der Waals surface area contributed by atoms with Crippen molar-refractivity contribution >= 4 is 5.97 Å². The molecule has 0 N–H and O–H groups in total. The van der Waals surface area contributed by atoms with Gasteiger partial charge in [0, 0.05) is 0 Å². The first kappa shape index (κ1) is 18.5. The quantitative estimate of drug-likeness (QED) is 0.572. The van der Waals surface area contributed by atoms with E-state index in [1.165, 1.54) is 44.9 Å². The minimum Gasteiger partial charge on any atom is -0.458 e. The van der Waals surface area contributed by atoms with Crippen molar-refractivity contribution in [3.8, 4) is 0 Å². The van der Waals surface area contributed by atoms with Gasteiger partial charge < -0.3 is 4.74 Å². The summed E-state index contributed by atoms with van der Waals surface area (Å²) in [6.45, 7) is 10.5. The highest BCUT2D eigenvalue weighted by Crippen LogP contribution is 2.40. The average molecular weight is 296 g/mol.